The number of hydrogen-bond acceptors (Lipinski definition) is 3. The number of aliphatic hydroxyl groups is 1. The number of nitrogens with one attached hydrogen (secondary N) is 1. The Morgan fingerprint density at radius 1 is 1.47 bits per heavy atom. The van der Waals surface area contributed by atoms with Gasteiger partial charge in [-0.2, -0.15) is 0 Å². The van der Waals surface area contributed by atoms with E-state index in [2.05, 4.69) is 5.32 Å². The van der Waals surface area contributed by atoms with Gasteiger partial charge in [-0.15, -0.1) is 0 Å². The van der Waals surface area contributed by atoms with Crippen molar-refractivity contribution in [3.63, 3.8) is 0 Å². The SMILES string of the molecule is CN(Cc1ccc(Cl)c(Cl)c1)C(=O)[C@@H]1C[C@H](O)CN1. The Morgan fingerprint density at radius 2 is 2.21 bits per heavy atom. The Balaban J connectivity index is 1.98. The van der Waals surface area contributed by atoms with Gasteiger partial charge in [0.1, 0.15) is 0 Å². The van der Waals surface area contributed by atoms with Crippen LogP contribution >= 0.6 is 23.2 Å². The molecule has 1 heterocycles. The standard InChI is InChI=1S/C13H16Cl2N2O2/c1-17(13(19)12-5-9(18)6-16-12)7-8-2-3-10(14)11(15)4-8/h2-4,9,12,16,18H,5-7H2,1H3/t9-,12-/m0/s1. The van der Waals surface area contributed by atoms with Crippen LogP contribution in [0, 0.1) is 0 Å². The lowest BCUT2D eigenvalue weighted by molar-refractivity contribution is -0.132. The molecule has 1 aliphatic heterocycles. The van der Waals surface area contributed by atoms with Crippen LogP contribution in [0.3, 0.4) is 0 Å². The summed E-state index contributed by atoms with van der Waals surface area (Å²) in [4.78, 5) is 13.8. The maximum absolute atomic E-state index is 12.1. The van der Waals surface area contributed by atoms with E-state index in [0.717, 1.165) is 5.56 Å². The van der Waals surface area contributed by atoms with E-state index in [0.29, 0.717) is 29.6 Å². The molecule has 1 aliphatic rings. The summed E-state index contributed by atoms with van der Waals surface area (Å²) in [5.74, 6) is -0.0253. The second-order valence-corrected chi connectivity index (χ2v) is 5.61. The van der Waals surface area contributed by atoms with Crippen molar-refractivity contribution in [2.45, 2.75) is 25.1 Å². The molecule has 0 saturated carbocycles. The summed E-state index contributed by atoms with van der Waals surface area (Å²) in [6.07, 6.45) is 0.0252. The summed E-state index contributed by atoms with van der Waals surface area (Å²) in [5, 5.41) is 13.4. The molecule has 6 heteroatoms. The summed E-state index contributed by atoms with van der Waals surface area (Å²) in [6.45, 7) is 0.932. The number of benzene rings is 1. The fourth-order valence-corrected chi connectivity index (χ4v) is 2.48. The van der Waals surface area contributed by atoms with Crippen LogP contribution in [0.5, 0.6) is 0 Å². The number of rotatable bonds is 3. The van der Waals surface area contributed by atoms with Crippen molar-refractivity contribution in [1.82, 2.24) is 10.2 Å². The largest absolute Gasteiger partial charge is 0.392 e. The van der Waals surface area contributed by atoms with Gasteiger partial charge >= 0.3 is 0 Å². The van der Waals surface area contributed by atoms with Gasteiger partial charge in [0.25, 0.3) is 0 Å². The molecule has 0 radical (unpaired) electrons. The molecule has 2 atom stereocenters. The van der Waals surface area contributed by atoms with Gasteiger partial charge in [0.2, 0.25) is 5.91 Å². The van der Waals surface area contributed by atoms with Crippen molar-refractivity contribution in [2.24, 2.45) is 0 Å². The molecular formula is C13H16Cl2N2O2. The maximum atomic E-state index is 12.1. The number of hydrogen-bond donors (Lipinski definition) is 2. The molecule has 1 fully saturated rings. The number of halogens is 2. The molecule has 1 aromatic rings. The smallest absolute Gasteiger partial charge is 0.239 e. The fourth-order valence-electron chi connectivity index (χ4n) is 2.16. The van der Waals surface area contributed by atoms with E-state index in [-0.39, 0.29) is 11.9 Å². The highest BCUT2D eigenvalue weighted by molar-refractivity contribution is 6.42. The minimum absolute atomic E-state index is 0.0253. The zero-order valence-electron chi connectivity index (χ0n) is 10.6. The summed E-state index contributed by atoms with van der Waals surface area (Å²) in [6, 6.07) is 5.01. The number of likely N-dealkylation sites (N-methyl/N-ethyl adjacent to an activating group) is 1. The van der Waals surface area contributed by atoms with Gasteiger partial charge in [0, 0.05) is 20.1 Å². The first kappa shape index (κ1) is 14.6. The second-order valence-electron chi connectivity index (χ2n) is 4.79. The topological polar surface area (TPSA) is 52.6 Å². The van der Waals surface area contributed by atoms with Crippen LogP contribution in [0.25, 0.3) is 0 Å². The average Bonchev–Trinajstić information content (AvgIpc) is 2.79. The van der Waals surface area contributed by atoms with Crippen molar-refractivity contribution in [3.05, 3.63) is 33.8 Å². The maximum Gasteiger partial charge on any atom is 0.239 e. The Morgan fingerprint density at radius 3 is 2.79 bits per heavy atom. The van der Waals surface area contributed by atoms with Gasteiger partial charge in [-0.3, -0.25) is 4.79 Å². The van der Waals surface area contributed by atoms with Crippen molar-refractivity contribution in [2.75, 3.05) is 13.6 Å². The fraction of sp³-hybridized carbons (Fsp3) is 0.462. The van der Waals surface area contributed by atoms with Gasteiger partial charge in [0.15, 0.2) is 0 Å². The van der Waals surface area contributed by atoms with Crippen LogP contribution in [-0.2, 0) is 11.3 Å². The number of amides is 1. The van der Waals surface area contributed by atoms with Crippen LogP contribution in [-0.4, -0.2) is 41.7 Å². The first-order valence-electron chi connectivity index (χ1n) is 6.07. The van der Waals surface area contributed by atoms with E-state index in [9.17, 15) is 9.90 Å². The molecule has 2 N–H and O–H groups in total. The summed E-state index contributed by atoms with van der Waals surface area (Å²) in [7, 11) is 1.73. The number of aliphatic hydroxyl groups excluding tert-OH is 1. The minimum atomic E-state index is -0.438. The highest BCUT2D eigenvalue weighted by atomic mass is 35.5. The third-order valence-electron chi connectivity index (χ3n) is 3.19. The highest BCUT2D eigenvalue weighted by Crippen LogP contribution is 2.23. The van der Waals surface area contributed by atoms with Gasteiger partial charge in [0.05, 0.1) is 22.2 Å². The van der Waals surface area contributed by atoms with Crippen LogP contribution in [0.1, 0.15) is 12.0 Å². The van der Waals surface area contributed by atoms with Gasteiger partial charge in [-0.05, 0) is 24.1 Å². The number of β-amino-alcohol motifs (C(OH)–C–C–N with tert-alkyl or cyclic N) is 1. The van der Waals surface area contributed by atoms with E-state index >= 15 is 0 Å². The first-order chi connectivity index (χ1) is 8.97. The monoisotopic (exact) mass is 302 g/mol. The molecule has 19 heavy (non-hydrogen) atoms. The van der Waals surface area contributed by atoms with Gasteiger partial charge < -0.3 is 15.3 Å². The Kier molecular flexibility index (Phi) is 4.68. The van der Waals surface area contributed by atoms with E-state index in [1.807, 2.05) is 6.07 Å². The predicted octanol–water partition coefficient (Wildman–Crippen LogP) is 1.67. The molecule has 4 nitrogen and oxygen atoms in total. The van der Waals surface area contributed by atoms with E-state index < -0.39 is 6.10 Å². The lowest BCUT2D eigenvalue weighted by atomic mass is 10.1. The number of carbonyl (C=O) groups is 1. The molecule has 0 bridgehead atoms. The number of carbonyl (C=O) groups excluding carboxylic acids is 1. The van der Waals surface area contributed by atoms with Gasteiger partial charge in [-0.25, -0.2) is 0 Å². The summed E-state index contributed by atoms with van der Waals surface area (Å²) < 4.78 is 0. The zero-order chi connectivity index (χ0) is 14.0. The molecule has 0 aromatic heterocycles. The Hall–Kier alpha value is -0.810. The lowest BCUT2D eigenvalue weighted by Gasteiger charge is -2.21. The summed E-state index contributed by atoms with van der Waals surface area (Å²) in [5.41, 5.74) is 0.920. The van der Waals surface area contributed by atoms with E-state index in [1.54, 1.807) is 24.1 Å². The molecule has 1 saturated heterocycles. The molecule has 104 valence electrons. The Labute approximate surface area is 122 Å². The number of nitrogens with zero attached hydrogens (tertiary/aromatic N) is 1. The molecule has 0 spiro atoms. The van der Waals surface area contributed by atoms with Gasteiger partial charge in [-0.1, -0.05) is 29.3 Å². The van der Waals surface area contributed by atoms with Crippen LogP contribution in [0.2, 0.25) is 10.0 Å². The first-order valence-corrected chi connectivity index (χ1v) is 6.83. The molecule has 1 aromatic carbocycles. The van der Waals surface area contributed by atoms with Crippen molar-refractivity contribution >= 4 is 29.1 Å². The van der Waals surface area contributed by atoms with Crippen LogP contribution in [0.4, 0.5) is 0 Å². The van der Waals surface area contributed by atoms with Crippen molar-refractivity contribution in [3.8, 4) is 0 Å². The Bertz CT molecular complexity index is 482. The molecule has 0 aliphatic carbocycles. The van der Waals surface area contributed by atoms with Crippen molar-refractivity contribution in [1.29, 1.82) is 0 Å². The van der Waals surface area contributed by atoms with Crippen molar-refractivity contribution < 1.29 is 9.90 Å². The quantitative estimate of drug-likeness (QED) is 0.893. The average molecular weight is 303 g/mol. The van der Waals surface area contributed by atoms with E-state index in [1.165, 1.54) is 0 Å². The van der Waals surface area contributed by atoms with Crippen LogP contribution < -0.4 is 5.32 Å². The third-order valence-corrected chi connectivity index (χ3v) is 3.92. The molecule has 2 rings (SSSR count). The molecule has 0 unspecified atom stereocenters. The molecular weight excluding hydrogens is 287 g/mol. The minimum Gasteiger partial charge on any atom is -0.392 e. The normalized spacial score (nSPS) is 22.5. The lowest BCUT2D eigenvalue weighted by Crippen LogP contribution is -2.41. The van der Waals surface area contributed by atoms with Crippen LogP contribution in [0.15, 0.2) is 18.2 Å². The highest BCUT2D eigenvalue weighted by Gasteiger charge is 2.29. The second kappa shape index (κ2) is 6.09. The summed E-state index contributed by atoms with van der Waals surface area (Å²) >= 11 is 11.8. The third kappa shape index (κ3) is 3.60. The predicted molar refractivity (Wildman–Crippen MR) is 75.4 cm³/mol. The zero-order valence-corrected chi connectivity index (χ0v) is 12.1. The van der Waals surface area contributed by atoms with E-state index in [4.69, 9.17) is 23.2 Å². The molecule has 1 amide bonds.